The maximum atomic E-state index is 13.8. The van der Waals surface area contributed by atoms with E-state index in [4.69, 9.17) is 9.31 Å². The van der Waals surface area contributed by atoms with E-state index < -0.39 is 30.0 Å². The van der Waals surface area contributed by atoms with Gasteiger partial charge in [-0.1, -0.05) is 0 Å². The molecule has 0 unspecified atom stereocenters. The molecule has 0 aromatic heterocycles. The molecule has 1 heterocycles. The van der Waals surface area contributed by atoms with Crippen molar-refractivity contribution in [3.63, 3.8) is 0 Å². The fourth-order valence-electron chi connectivity index (χ4n) is 1.82. The summed E-state index contributed by atoms with van der Waals surface area (Å²) in [6, 6.07) is 1.80. The van der Waals surface area contributed by atoms with Crippen LogP contribution in [-0.4, -0.2) is 24.6 Å². The first-order valence-corrected chi connectivity index (χ1v) is 5.98. The molecule has 1 aromatic rings. The average Bonchev–Trinajstić information content (AvgIpc) is 2.48. The lowest BCUT2D eigenvalue weighted by Crippen LogP contribution is -2.41. The van der Waals surface area contributed by atoms with Crippen LogP contribution in [0.3, 0.4) is 0 Å². The number of halogens is 2. The van der Waals surface area contributed by atoms with Gasteiger partial charge in [-0.2, -0.15) is 0 Å². The predicted octanol–water partition coefficient (Wildman–Crippen LogP) is 2.08. The monoisotopic (exact) mass is 268 g/mol. The molecule has 6 heteroatoms. The van der Waals surface area contributed by atoms with Crippen LogP contribution in [0.25, 0.3) is 0 Å². The summed E-state index contributed by atoms with van der Waals surface area (Å²) in [6.45, 7) is 7.31. The number of rotatable bonds is 2. The number of carbonyl (C=O) groups excluding carboxylic acids is 1. The van der Waals surface area contributed by atoms with Crippen molar-refractivity contribution >= 4 is 18.9 Å². The number of benzene rings is 1. The molecule has 0 N–H and O–H groups in total. The summed E-state index contributed by atoms with van der Waals surface area (Å²) in [5, 5.41) is 0. The van der Waals surface area contributed by atoms with Crippen molar-refractivity contribution in [1.29, 1.82) is 0 Å². The number of hydrogen-bond donors (Lipinski definition) is 0. The van der Waals surface area contributed by atoms with Gasteiger partial charge in [0.1, 0.15) is 11.6 Å². The van der Waals surface area contributed by atoms with Crippen LogP contribution in [0.1, 0.15) is 38.1 Å². The highest BCUT2D eigenvalue weighted by Gasteiger charge is 2.52. The Morgan fingerprint density at radius 2 is 1.58 bits per heavy atom. The van der Waals surface area contributed by atoms with Gasteiger partial charge in [0.2, 0.25) is 0 Å². The van der Waals surface area contributed by atoms with Crippen molar-refractivity contribution in [3.8, 4) is 0 Å². The van der Waals surface area contributed by atoms with Gasteiger partial charge in [-0.25, -0.2) is 8.78 Å². The fraction of sp³-hybridized carbons (Fsp3) is 0.462. The van der Waals surface area contributed by atoms with Crippen LogP contribution in [0, 0.1) is 11.6 Å². The van der Waals surface area contributed by atoms with E-state index >= 15 is 0 Å². The molecule has 19 heavy (non-hydrogen) atoms. The maximum Gasteiger partial charge on any atom is 0.497 e. The first-order chi connectivity index (χ1) is 8.68. The zero-order chi connectivity index (χ0) is 14.4. The van der Waals surface area contributed by atoms with E-state index in [1.165, 1.54) is 0 Å². The molecule has 0 amide bonds. The van der Waals surface area contributed by atoms with Crippen molar-refractivity contribution in [2.45, 2.75) is 38.9 Å². The first-order valence-electron chi connectivity index (χ1n) is 5.98. The normalized spacial score (nSPS) is 20.6. The van der Waals surface area contributed by atoms with Gasteiger partial charge < -0.3 is 9.31 Å². The minimum Gasteiger partial charge on any atom is -0.399 e. The molecule has 2 rings (SSSR count). The van der Waals surface area contributed by atoms with Crippen molar-refractivity contribution in [1.82, 2.24) is 0 Å². The molecule has 0 atom stereocenters. The zero-order valence-electron chi connectivity index (χ0n) is 11.3. The summed E-state index contributed by atoms with van der Waals surface area (Å²) in [6.07, 6.45) is 0.337. The highest BCUT2D eigenvalue weighted by atomic mass is 19.1. The molecule has 1 aliphatic heterocycles. The summed E-state index contributed by atoms with van der Waals surface area (Å²) in [5.41, 5.74) is -1.44. The lowest BCUT2D eigenvalue weighted by atomic mass is 9.78. The van der Waals surface area contributed by atoms with E-state index in [9.17, 15) is 13.6 Å². The summed E-state index contributed by atoms with van der Waals surface area (Å²) in [7, 11) is -0.954. The second-order valence-corrected chi connectivity index (χ2v) is 5.60. The molecule has 1 aliphatic rings. The predicted molar refractivity (Wildman–Crippen MR) is 67.5 cm³/mol. The molecular weight excluding hydrogens is 253 g/mol. The molecule has 1 fully saturated rings. The topological polar surface area (TPSA) is 35.5 Å². The summed E-state index contributed by atoms with van der Waals surface area (Å²) >= 11 is 0. The Labute approximate surface area is 111 Å². The lowest BCUT2D eigenvalue weighted by molar-refractivity contribution is 0.00578. The van der Waals surface area contributed by atoms with Gasteiger partial charge in [0, 0.05) is 17.1 Å². The molecule has 0 saturated carbocycles. The third-order valence-electron chi connectivity index (χ3n) is 3.75. The molecular formula is C13H15BF2O3. The Morgan fingerprint density at radius 1 is 1.05 bits per heavy atom. The van der Waals surface area contributed by atoms with Crippen LogP contribution in [0.5, 0.6) is 0 Å². The molecule has 0 spiro atoms. The van der Waals surface area contributed by atoms with Gasteiger partial charge in [-0.05, 0) is 33.8 Å². The van der Waals surface area contributed by atoms with E-state index in [2.05, 4.69) is 0 Å². The Hall–Kier alpha value is -1.27. The van der Waals surface area contributed by atoms with Crippen LogP contribution >= 0.6 is 0 Å². The summed E-state index contributed by atoms with van der Waals surface area (Å²) in [4.78, 5) is 10.7. The van der Waals surface area contributed by atoms with E-state index in [1.54, 1.807) is 0 Å². The Morgan fingerprint density at radius 3 is 2.05 bits per heavy atom. The maximum absolute atomic E-state index is 13.8. The van der Waals surface area contributed by atoms with Crippen LogP contribution in [0.4, 0.5) is 8.78 Å². The lowest BCUT2D eigenvalue weighted by Gasteiger charge is -2.32. The average molecular weight is 268 g/mol. The highest BCUT2D eigenvalue weighted by molar-refractivity contribution is 6.62. The molecule has 3 nitrogen and oxygen atoms in total. The second kappa shape index (κ2) is 4.39. The standard InChI is InChI=1S/C13H15BF2O3/c1-12(2)13(3,4)19-14(18-12)9-5-8(7-17)10(15)6-11(9)16/h5-7H,1-4H3. The Balaban J connectivity index is 2.42. The van der Waals surface area contributed by atoms with Crippen LogP contribution < -0.4 is 5.46 Å². The van der Waals surface area contributed by atoms with Gasteiger partial charge in [-0.15, -0.1) is 0 Å². The molecule has 0 radical (unpaired) electrons. The van der Waals surface area contributed by atoms with Crippen LogP contribution in [0.2, 0.25) is 0 Å². The Bertz CT molecular complexity index is 513. The van der Waals surface area contributed by atoms with Crippen molar-refractivity contribution < 1.29 is 22.9 Å². The SMILES string of the molecule is CC1(C)OB(c2cc(C=O)c(F)cc2F)OC1(C)C. The quantitative estimate of drug-likeness (QED) is 0.608. The van der Waals surface area contributed by atoms with E-state index in [0.717, 1.165) is 6.07 Å². The first kappa shape index (κ1) is 14.2. The molecule has 102 valence electrons. The number of carbonyl (C=O) groups is 1. The smallest absolute Gasteiger partial charge is 0.399 e. The van der Waals surface area contributed by atoms with Crippen molar-refractivity contribution in [2.24, 2.45) is 0 Å². The molecule has 0 bridgehead atoms. The third-order valence-corrected chi connectivity index (χ3v) is 3.75. The minimum absolute atomic E-state index is 0.0298. The van der Waals surface area contributed by atoms with Gasteiger partial charge in [-0.3, -0.25) is 4.79 Å². The largest absolute Gasteiger partial charge is 0.497 e. The van der Waals surface area contributed by atoms with Crippen LogP contribution in [-0.2, 0) is 9.31 Å². The van der Waals surface area contributed by atoms with Crippen molar-refractivity contribution in [2.75, 3.05) is 0 Å². The van der Waals surface area contributed by atoms with Crippen LogP contribution in [0.15, 0.2) is 12.1 Å². The van der Waals surface area contributed by atoms with Gasteiger partial charge in [0.25, 0.3) is 0 Å². The second-order valence-electron chi connectivity index (χ2n) is 5.60. The third kappa shape index (κ3) is 2.30. The van der Waals surface area contributed by atoms with Gasteiger partial charge in [0.05, 0.1) is 11.2 Å². The van der Waals surface area contributed by atoms with Gasteiger partial charge in [0.15, 0.2) is 6.29 Å². The summed E-state index contributed by atoms with van der Waals surface area (Å²) in [5.74, 6) is -1.69. The molecule has 1 aromatic carbocycles. The van der Waals surface area contributed by atoms with Gasteiger partial charge >= 0.3 is 7.12 Å². The number of hydrogen-bond acceptors (Lipinski definition) is 3. The van der Waals surface area contributed by atoms with E-state index in [0.29, 0.717) is 12.4 Å². The van der Waals surface area contributed by atoms with E-state index in [-0.39, 0.29) is 11.0 Å². The fourth-order valence-corrected chi connectivity index (χ4v) is 1.82. The van der Waals surface area contributed by atoms with Crippen molar-refractivity contribution in [3.05, 3.63) is 29.3 Å². The number of aldehydes is 1. The zero-order valence-corrected chi connectivity index (χ0v) is 11.3. The summed E-state index contributed by atoms with van der Waals surface area (Å²) < 4.78 is 38.4. The highest BCUT2D eigenvalue weighted by Crippen LogP contribution is 2.36. The molecule has 1 saturated heterocycles. The Kier molecular flexibility index (Phi) is 3.27. The van der Waals surface area contributed by atoms with E-state index in [1.807, 2.05) is 27.7 Å². The minimum atomic E-state index is -0.954. The molecule has 0 aliphatic carbocycles.